The number of benzene rings is 2. The molecule has 0 aliphatic heterocycles. The molecule has 0 fully saturated rings. The van der Waals surface area contributed by atoms with Crippen LogP contribution in [0.15, 0.2) is 79.4 Å². The minimum Gasteiger partial charge on any atom is -0.469 e. The van der Waals surface area contributed by atoms with E-state index in [2.05, 4.69) is 36.1 Å². The van der Waals surface area contributed by atoms with Gasteiger partial charge in [-0.25, -0.2) is 0 Å². The first-order valence-corrected chi connectivity index (χ1v) is 12.4. The first kappa shape index (κ1) is 41.9. The van der Waals surface area contributed by atoms with Gasteiger partial charge in [-0.05, 0) is 17.2 Å². The Morgan fingerprint density at radius 2 is 1.53 bits per heavy atom. The second-order valence-corrected chi connectivity index (χ2v) is 7.80. The predicted octanol–water partition coefficient (Wildman–Crippen LogP) is 7.86. The molecule has 0 heterocycles. The van der Waals surface area contributed by atoms with E-state index in [1.807, 2.05) is 91.1 Å². The zero-order valence-electron chi connectivity index (χ0n) is 22.0. The van der Waals surface area contributed by atoms with Crippen LogP contribution in [0.25, 0.3) is 6.08 Å². The Bertz CT molecular complexity index is 799. The second kappa shape index (κ2) is 30.0. The minimum absolute atomic E-state index is 0. The van der Waals surface area contributed by atoms with Gasteiger partial charge in [0.2, 0.25) is 0 Å². The third-order valence-electron chi connectivity index (χ3n) is 4.29. The van der Waals surface area contributed by atoms with Crippen molar-refractivity contribution in [1.82, 2.24) is 0 Å². The van der Waals surface area contributed by atoms with Crippen LogP contribution in [0.3, 0.4) is 0 Å². The Hall–Kier alpha value is -1.24. The Morgan fingerprint density at radius 1 is 1.06 bits per heavy atom. The third-order valence-corrected chi connectivity index (χ3v) is 4.29. The van der Waals surface area contributed by atoms with Gasteiger partial charge in [-0.15, -0.1) is 6.58 Å². The summed E-state index contributed by atoms with van der Waals surface area (Å²) in [6.07, 6.45) is 5.99. The van der Waals surface area contributed by atoms with Crippen molar-refractivity contribution in [3.8, 4) is 0 Å². The number of esters is 2. The quantitative estimate of drug-likeness (QED) is 0.123. The molecule has 0 aromatic heterocycles. The zero-order chi connectivity index (χ0) is 26.2. The molecule has 0 saturated heterocycles. The zero-order valence-corrected chi connectivity index (χ0v) is 26.9. The molecule has 0 saturated carbocycles. The molecule has 0 aliphatic carbocycles. The standard InChI is InChI=1S/C13H16O2.C12H14O2.C2H4I.C2H5.2V/c1-4-12(10(2)13(14)15-3)11-8-6-5-7-9-11;1-2-12(13)14-10-6-9-11-7-4-3-5-8-11;1-2-3;1-2;;/h4-10,12H,1H2,2-3H3;3-9H,2,10H2,1H3;2H,1H3;1H2,2H3;;/q;;2*-1;;/b;9-6+;;;;/t10-,12-;;;;;/m0...../s1. The van der Waals surface area contributed by atoms with Crippen LogP contribution in [0, 0.1) is 17.3 Å². The van der Waals surface area contributed by atoms with Crippen LogP contribution in [0.1, 0.15) is 51.2 Å². The predicted molar refractivity (Wildman–Crippen MR) is 152 cm³/mol. The maximum Gasteiger partial charge on any atom is 0.309 e. The summed E-state index contributed by atoms with van der Waals surface area (Å²) in [4.78, 5) is 22.2. The molecule has 2 atom stereocenters. The fourth-order valence-electron chi connectivity index (χ4n) is 2.63. The number of hydrogen-bond donors (Lipinski definition) is 0. The summed E-state index contributed by atoms with van der Waals surface area (Å²) < 4.78 is 11.6. The Kier molecular flexibility index (Phi) is 34.9. The van der Waals surface area contributed by atoms with E-state index in [4.69, 9.17) is 9.47 Å². The molecule has 198 valence electrons. The van der Waals surface area contributed by atoms with E-state index in [1.165, 1.54) is 7.11 Å². The van der Waals surface area contributed by atoms with Crippen LogP contribution in [-0.2, 0) is 56.2 Å². The molecule has 7 heteroatoms. The van der Waals surface area contributed by atoms with Gasteiger partial charge in [0, 0.05) is 49.5 Å². The number of carbonyl (C=O) groups is 2. The normalized spacial score (nSPS) is 10.5. The van der Waals surface area contributed by atoms with Crippen molar-refractivity contribution < 1.29 is 56.2 Å². The molecule has 2 rings (SSSR count). The summed E-state index contributed by atoms with van der Waals surface area (Å²) in [7, 11) is 1.41. The summed E-state index contributed by atoms with van der Waals surface area (Å²) in [5, 5.41) is 0. The van der Waals surface area contributed by atoms with Gasteiger partial charge < -0.3 is 39.0 Å². The molecule has 0 aliphatic rings. The van der Waals surface area contributed by atoms with Gasteiger partial charge in [0.1, 0.15) is 6.61 Å². The van der Waals surface area contributed by atoms with E-state index in [0.29, 0.717) is 13.0 Å². The molecular formula is C29H39IO4V2-2. The minimum atomic E-state index is -0.205. The number of hydrogen-bond acceptors (Lipinski definition) is 4. The van der Waals surface area contributed by atoms with Crippen LogP contribution in [0.2, 0.25) is 0 Å². The molecule has 0 N–H and O–H groups in total. The fourth-order valence-corrected chi connectivity index (χ4v) is 2.63. The van der Waals surface area contributed by atoms with Gasteiger partial charge in [0.25, 0.3) is 0 Å². The molecule has 2 aromatic carbocycles. The number of methoxy groups -OCH3 is 1. The van der Waals surface area contributed by atoms with Crippen molar-refractivity contribution in [2.24, 2.45) is 5.92 Å². The summed E-state index contributed by atoms with van der Waals surface area (Å²) in [6, 6.07) is 19.7. The van der Waals surface area contributed by atoms with Crippen molar-refractivity contribution in [2.75, 3.05) is 13.7 Å². The van der Waals surface area contributed by atoms with Crippen LogP contribution < -0.4 is 0 Å². The Morgan fingerprint density at radius 3 is 1.94 bits per heavy atom. The van der Waals surface area contributed by atoms with Crippen molar-refractivity contribution in [3.05, 3.63) is 102 Å². The van der Waals surface area contributed by atoms with Gasteiger partial charge in [-0.1, -0.05) is 86.7 Å². The summed E-state index contributed by atoms with van der Waals surface area (Å²) >= 11 is 2.16. The van der Waals surface area contributed by atoms with Crippen LogP contribution >= 0.6 is 22.6 Å². The van der Waals surface area contributed by atoms with E-state index in [-0.39, 0.29) is 60.9 Å². The SMILES string of the molecule is C=C[C@H](c1ccccc1)[C@H](C)C(=O)OC.CCC(=O)OC/C=C/c1ccccc1.C[CH-]I.[CH2-]C.[V].[V]. The second-order valence-electron chi connectivity index (χ2n) is 6.55. The van der Waals surface area contributed by atoms with E-state index in [0.717, 1.165) is 11.1 Å². The van der Waals surface area contributed by atoms with Crippen molar-refractivity contribution >= 4 is 40.6 Å². The molecule has 0 spiro atoms. The summed E-state index contributed by atoms with van der Waals surface area (Å²) in [5.41, 5.74) is 2.20. The Balaban J connectivity index is -0.000000231. The first-order valence-electron chi connectivity index (χ1n) is 11.2. The fraction of sp³-hybridized carbons (Fsp3) is 0.310. The maximum absolute atomic E-state index is 11.4. The van der Waals surface area contributed by atoms with Gasteiger partial charge in [-0.3, -0.25) is 14.0 Å². The molecule has 4 nitrogen and oxygen atoms in total. The molecule has 36 heavy (non-hydrogen) atoms. The smallest absolute Gasteiger partial charge is 0.309 e. The first-order chi connectivity index (χ1) is 16.4. The topological polar surface area (TPSA) is 52.6 Å². The van der Waals surface area contributed by atoms with Crippen LogP contribution in [0.4, 0.5) is 0 Å². The van der Waals surface area contributed by atoms with Crippen molar-refractivity contribution in [2.45, 2.75) is 40.0 Å². The third kappa shape index (κ3) is 20.9. The van der Waals surface area contributed by atoms with Crippen LogP contribution in [-0.4, -0.2) is 25.7 Å². The van der Waals surface area contributed by atoms with E-state index in [1.54, 1.807) is 19.9 Å². The average Bonchev–Trinajstić information content (AvgIpc) is 2.89. The largest absolute Gasteiger partial charge is 0.469 e. The van der Waals surface area contributed by atoms with E-state index < -0.39 is 0 Å². The maximum atomic E-state index is 11.4. The molecular weight excluding hydrogens is 641 g/mol. The number of carbonyl (C=O) groups excluding carboxylic acids is 2. The molecule has 2 aromatic rings. The van der Waals surface area contributed by atoms with Crippen molar-refractivity contribution in [1.29, 1.82) is 0 Å². The molecule has 0 unspecified atom stereocenters. The number of rotatable bonds is 8. The number of halogens is 1. The molecule has 0 amide bonds. The number of allylic oxidation sites excluding steroid dienone is 1. The van der Waals surface area contributed by atoms with Gasteiger partial charge >= 0.3 is 11.9 Å². The molecule has 0 bridgehead atoms. The van der Waals surface area contributed by atoms with Gasteiger partial charge in [-0.2, -0.15) is 13.8 Å². The summed E-state index contributed by atoms with van der Waals surface area (Å²) in [5.74, 6) is -0.556. The monoisotopic (exact) mass is 680 g/mol. The van der Waals surface area contributed by atoms with E-state index >= 15 is 0 Å². The number of ether oxygens (including phenoxy) is 2. The van der Waals surface area contributed by atoms with Gasteiger partial charge in [0.15, 0.2) is 0 Å². The van der Waals surface area contributed by atoms with Gasteiger partial charge in [0.05, 0.1) is 13.0 Å². The Labute approximate surface area is 256 Å². The summed E-state index contributed by atoms with van der Waals surface area (Å²) in [6.45, 7) is 14.7. The van der Waals surface area contributed by atoms with Crippen LogP contribution in [0.5, 0.6) is 0 Å². The average molecular weight is 680 g/mol. The molecule has 2 radical (unpaired) electrons. The van der Waals surface area contributed by atoms with Crippen molar-refractivity contribution in [3.63, 3.8) is 0 Å². The van der Waals surface area contributed by atoms with E-state index in [9.17, 15) is 9.59 Å².